The van der Waals surface area contributed by atoms with E-state index in [9.17, 15) is 9.59 Å². The number of ether oxygens (including phenoxy) is 2. The molecule has 1 unspecified atom stereocenters. The van der Waals surface area contributed by atoms with Gasteiger partial charge in [-0.05, 0) is 37.6 Å². The first kappa shape index (κ1) is 20.8. The van der Waals surface area contributed by atoms with E-state index < -0.39 is 12.1 Å². The summed E-state index contributed by atoms with van der Waals surface area (Å²) in [6.45, 7) is 6.78. The van der Waals surface area contributed by atoms with Crippen molar-refractivity contribution in [3.05, 3.63) is 23.8 Å². The molecule has 7 nitrogen and oxygen atoms in total. The third-order valence-corrected chi connectivity index (χ3v) is 3.83. The van der Waals surface area contributed by atoms with E-state index in [-0.39, 0.29) is 5.91 Å². The molecule has 0 saturated carbocycles. The van der Waals surface area contributed by atoms with Gasteiger partial charge in [-0.2, -0.15) is 0 Å². The van der Waals surface area contributed by atoms with Crippen molar-refractivity contribution in [1.29, 1.82) is 0 Å². The molecule has 0 heterocycles. The fourth-order valence-electron chi connectivity index (χ4n) is 2.16. The number of benzene rings is 1. The molecule has 0 aliphatic carbocycles. The van der Waals surface area contributed by atoms with Crippen LogP contribution in [-0.4, -0.2) is 50.7 Å². The highest BCUT2D eigenvalue weighted by Gasteiger charge is 2.20. The lowest BCUT2D eigenvalue weighted by Crippen LogP contribution is -2.48. The summed E-state index contributed by atoms with van der Waals surface area (Å²) in [7, 11) is 4.99. The van der Waals surface area contributed by atoms with Gasteiger partial charge in [0.25, 0.3) is 0 Å². The number of hydrogen-bond acceptors (Lipinski definition) is 5. The second kappa shape index (κ2) is 9.88. The number of nitrogens with one attached hydrogen (secondary N) is 2. The summed E-state index contributed by atoms with van der Waals surface area (Å²) < 4.78 is 10.5. The van der Waals surface area contributed by atoms with Gasteiger partial charge in [-0.1, -0.05) is 19.9 Å². The van der Waals surface area contributed by atoms with E-state index in [2.05, 4.69) is 10.6 Å². The molecule has 1 rings (SSSR count). The zero-order valence-corrected chi connectivity index (χ0v) is 15.9. The minimum atomic E-state index is -0.468. The van der Waals surface area contributed by atoms with Crippen LogP contribution in [0.4, 0.5) is 4.79 Å². The van der Waals surface area contributed by atoms with Gasteiger partial charge in [-0.3, -0.25) is 15.0 Å². The third-order valence-electron chi connectivity index (χ3n) is 3.83. The Bertz CT molecular complexity index is 590. The highest BCUT2D eigenvalue weighted by molar-refractivity contribution is 5.96. The maximum atomic E-state index is 12.2. The molecule has 140 valence electrons. The van der Waals surface area contributed by atoms with Crippen molar-refractivity contribution in [3.63, 3.8) is 0 Å². The van der Waals surface area contributed by atoms with Gasteiger partial charge in [-0.25, -0.2) is 4.79 Å². The van der Waals surface area contributed by atoms with Crippen molar-refractivity contribution in [3.8, 4) is 11.5 Å². The van der Waals surface area contributed by atoms with Gasteiger partial charge in [0, 0.05) is 13.1 Å². The predicted molar refractivity (Wildman–Crippen MR) is 96.9 cm³/mol. The average Bonchev–Trinajstić information content (AvgIpc) is 2.58. The zero-order valence-electron chi connectivity index (χ0n) is 15.9. The van der Waals surface area contributed by atoms with Crippen molar-refractivity contribution in [2.45, 2.75) is 33.4 Å². The summed E-state index contributed by atoms with van der Waals surface area (Å²) in [6, 6.07) is 4.68. The fraction of sp³-hybridized carbons (Fsp3) is 0.556. The van der Waals surface area contributed by atoms with Crippen molar-refractivity contribution in [2.24, 2.45) is 5.92 Å². The van der Waals surface area contributed by atoms with E-state index in [4.69, 9.17) is 9.47 Å². The molecule has 7 heteroatoms. The van der Waals surface area contributed by atoms with Crippen molar-refractivity contribution < 1.29 is 19.1 Å². The first-order valence-electron chi connectivity index (χ1n) is 8.28. The highest BCUT2D eigenvalue weighted by Crippen LogP contribution is 2.28. The molecule has 0 aliphatic heterocycles. The number of nitrogens with zero attached hydrogens (tertiary/aromatic N) is 1. The summed E-state index contributed by atoms with van der Waals surface area (Å²) >= 11 is 0. The van der Waals surface area contributed by atoms with E-state index in [0.717, 1.165) is 5.56 Å². The molecule has 1 aromatic rings. The Kier molecular flexibility index (Phi) is 8.21. The SMILES string of the molecule is COc1ccc(CN(C)C(C)C(=O)NC(=O)NCC(C)C)cc1OC. The molecule has 25 heavy (non-hydrogen) atoms. The highest BCUT2D eigenvalue weighted by atomic mass is 16.5. The van der Waals surface area contributed by atoms with Crippen LogP contribution in [-0.2, 0) is 11.3 Å². The largest absolute Gasteiger partial charge is 0.493 e. The van der Waals surface area contributed by atoms with Gasteiger partial charge < -0.3 is 14.8 Å². The molecule has 0 bridgehead atoms. The number of rotatable bonds is 8. The van der Waals surface area contributed by atoms with Crippen LogP contribution >= 0.6 is 0 Å². The Morgan fingerprint density at radius 3 is 2.32 bits per heavy atom. The maximum absolute atomic E-state index is 12.2. The van der Waals surface area contributed by atoms with Crippen LogP contribution in [0.15, 0.2) is 18.2 Å². The predicted octanol–water partition coefficient (Wildman–Crippen LogP) is 2.01. The number of urea groups is 1. The minimum Gasteiger partial charge on any atom is -0.493 e. The Morgan fingerprint density at radius 2 is 1.76 bits per heavy atom. The number of carbonyl (C=O) groups excluding carboxylic acids is 2. The van der Waals surface area contributed by atoms with E-state index in [1.54, 1.807) is 21.1 Å². The number of hydrogen-bond donors (Lipinski definition) is 2. The molecule has 0 aliphatic rings. The van der Waals surface area contributed by atoms with Crippen LogP contribution in [0.3, 0.4) is 0 Å². The molecule has 0 saturated heterocycles. The first-order valence-corrected chi connectivity index (χ1v) is 8.28. The smallest absolute Gasteiger partial charge is 0.321 e. The van der Waals surface area contributed by atoms with E-state index >= 15 is 0 Å². The van der Waals surface area contributed by atoms with E-state index in [1.807, 2.05) is 44.0 Å². The van der Waals surface area contributed by atoms with Crippen LogP contribution in [0.1, 0.15) is 26.3 Å². The van der Waals surface area contributed by atoms with Crippen LogP contribution in [0.25, 0.3) is 0 Å². The lowest BCUT2D eigenvalue weighted by Gasteiger charge is -2.24. The summed E-state index contributed by atoms with van der Waals surface area (Å²) in [5, 5.41) is 5.03. The minimum absolute atomic E-state index is 0.325. The molecule has 2 N–H and O–H groups in total. The van der Waals surface area contributed by atoms with E-state index in [0.29, 0.717) is 30.5 Å². The van der Waals surface area contributed by atoms with Gasteiger partial charge in [0.15, 0.2) is 11.5 Å². The summed E-state index contributed by atoms with van der Waals surface area (Å²) in [4.78, 5) is 25.8. The molecular formula is C18H29N3O4. The number of imide groups is 1. The normalized spacial score (nSPS) is 12.0. The van der Waals surface area contributed by atoms with Gasteiger partial charge in [0.2, 0.25) is 5.91 Å². The Balaban J connectivity index is 2.62. The Labute approximate surface area is 149 Å². The lowest BCUT2D eigenvalue weighted by molar-refractivity contribution is -0.124. The number of likely N-dealkylation sites (N-methyl/N-ethyl adjacent to an activating group) is 1. The quantitative estimate of drug-likeness (QED) is 0.749. The average molecular weight is 351 g/mol. The van der Waals surface area contributed by atoms with Crippen LogP contribution in [0.5, 0.6) is 11.5 Å². The lowest BCUT2D eigenvalue weighted by atomic mass is 10.1. The Hall–Kier alpha value is -2.28. The van der Waals surface area contributed by atoms with Crippen molar-refractivity contribution in [2.75, 3.05) is 27.8 Å². The molecule has 0 radical (unpaired) electrons. The third kappa shape index (κ3) is 6.62. The molecule has 1 aromatic carbocycles. The van der Waals surface area contributed by atoms with Crippen molar-refractivity contribution >= 4 is 11.9 Å². The molecule has 0 aromatic heterocycles. The van der Waals surface area contributed by atoms with Crippen molar-refractivity contribution in [1.82, 2.24) is 15.5 Å². The number of amides is 3. The molecule has 3 amide bonds. The molecule has 0 fully saturated rings. The van der Waals surface area contributed by atoms with Crippen LogP contribution < -0.4 is 20.1 Å². The van der Waals surface area contributed by atoms with Crippen LogP contribution in [0.2, 0.25) is 0 Å². The topological polar surface area (TPSA) is 79.9 Å². The summed E-state index contributed by atoms with van der Waals surface area (Å²) in [6.07, 6.45) is 0. The maximum Gasteiger partial charge on any atom is 0.321 e. The van der Waals surface area contributed by atoms with Gasteiger partial charge in [0.05, 0.1) is 20.3 Å². The number of carbonyl (C=O) groups is 2. The zero-order chi connectivity index (χ0) is 19.0. The molecular weight excluding hydrogens is 322 g/mol. The molecule has 0 spiro atoms. The second-order valence-electron chi connectivity index (χ2n) is 6.37. The van der Waals surface area contributed by atoms with Gasteiger partial charge in [0.1, 0.15) is 0 Å². The van der Waals surface area contributed by atoms with Gasteiger partial charge in [-0.15, -0.1) is 0 Å². The van der Waals surface area contributed by atoms with Crippen LogP contribution in [0, 0.1) is 5.92 Å². The number of methoxy groups -OCH3 is 2. The monoisotopic (exact) mass is 351 g/mol. The Morgan fingerprint density at radius 1 is 1.12 bits per heavy atom. The van der Waals surface area contributed by atoms with E-state index in [1.165, 1.54) is 0 Å². The standard InChI is InChI=1S/C18H29N3O4/c1-12(2)10-19-18(23)20-17(22)13(3)21(4)11-14-7-8-15(24-5)16(9-14)25-6/h7-9,12-13H,10-11H2,1-6H3,(H2,19,20,22,23). The molecule has 1 atom stereocenters. The second-order valence-corrected chi connectivity index (χ2v) is 6.37. The first-order chi connectivity index (χ1) is 11.8. The summed E-state index contributed by atoms with van der Waals surface area (Å²) in [5.41, 5.74) is 0.976. The fourth-order valence-corrected chi connectivity index (χ4v) is 2.16. The summed E-state index contributed by atoms with van der Waals surface area (Å²) in [5.74, 6) is 1.27. The van der Waals surface area contributed by atoms with Gasteiger partial charge >= 0.3 is 6.03 Å².